The van der Waals surface area contributed by atoms with E-state index < -0.39 is 5.60 Å². The molecule has 1 aliphatic rings. The zero-order valence-corrected chi connectivity index (χ0v) is 15.2. The first-order valence-corrected chi connectivity index (χ1v) is 8.60. The first-order chi connectivity index (χ1) is 10.7. The molecule has 134 valence electrons. The van der Waals surface area contributed by atoms with Crippen LogP contribution in [0.4, 0.5) is 4.79 Å². The van der Waals surface area contributed by atoms with Crippen molar-refractivity contribution < 1.29 is 19.1 Å². The fraction of sp³-hybridized carbons (Fsp3) is 0.882. The SMILES string of the molecule is CCCNC(=O)COC1(CC)CCN(C(=O)OC(C)(C)C)CC1. The highest BCUT2D eigenvalue weighted by atomic mass is 16.6. The van der Waals surface area contributed by atoms with Crippen LogP contribution in [-0.4, -0.2) is 54.3 Å². The Morgan fingerprint density at radius 2 is 1.78 bits per heavy atom. The molecule has 0 aliphatic carbocycles. The van der Waals surface area contributed by atoms with Crippen molar-refractivity contribution in [3.05, 3.63) is 0 Å². The van der Waals surface area contributed by atoms with Gasteiger partial charge in [-0.15, -0.1) is 0 Å². The monoisotopic (exact) mass is 328 g/mol. The third-order valence-corrected chi connectivity index (χ3v) is 4.05. The van der Waals surface area contributed by atoms with Crippen LogP contribution in [0, 0.1) is 0 Å². The molecule has 1 rings (SSSR count). The van der Waals surface area contributed by atoms with E-state index in [9.17, 15) is 9.59 Å². The number of rotatable bonds is 6. The average Bonchev–Trinajstić information content (AvgIpc) is 2.49. The number of nitrogens with zero attached hydrogens (tertiary/aromatic N) is 1. The molecule has 0 aromatic carbocycles. The van der Waals surface area contributed by atoms with E-state index in [2.05, 4.69) is 12.2 Å². The summed E-state index contributed by atoms with van der Waals surface area (Å²) in [5, 5.41) is 2.82. The van der Waals surface area contributed by atoms with Crippen LogP contribution in [-0.2, 0) is 14.3 Å². The van der Waals surface area contributed by atoms with Crippen molar-refractivity contribution in [2.45, 2.75) is 71.5 Å². The predicted molar refractivity (Wildman–Crippen MR) is 89.3 cm³/mol. The van der Waals surface area contributed by atoms with Gasteiger partial charge in [-0.3, -0.25) is 4.79 Å². The van der Waals surface area contributed by atoms with E-state index in [4.69, 9.17) is 9.47 Å². The minimum atomic E-state index is -0.482. The van der Waals surface area contributed by atoms with Gasteiger partial charge in [0.1, 0.15) is 12.2 Å². The molecule has 0 unspecified atom stereocenters. The molecule has 23 heavy (non-hydrogen) atoms. The van der Waals surface area contributed by atoms with E-state index in [1.165, 1.54) is 0 Å². The number of hydrogen-bond acceptors (Lipinski definition) is 4. The Hall–Kier alpha value is -1.30. The molecule has 1 heterocycles. The van der Waals surface area contributed by atoms with Gasteiger partial charge in [0, 0.05) is 19.6 Å². The summed E-state index contributed by atoms with van der Waals surface area (Å²) in [5.74, 6) is -0.0748. The molecule has 1 saturated heterocycles. The zero-order valence-electron chi connectivity index (χ0n) is 15.2. The van der Waals surface area contributed by atoms with Crippen LogP contribution in [0.25, 0.3) is 0 Å². The fourth-order valence-corrected chi connectivity index (χ4v) is 2.56. The van der Waals surface area contributed by atoms with Gasteiger partial charge in [0.15, 0.2) is 0 Å². The third-order valence-electron chi connectivity index (χ3n) is 4.05. The Labute approximate surface area is 139 Å². The summed E-state index contributed by atoms with van der Waals surface area (Å²) in [6, 6.07) is 0. The Morgan fingerprint density at radius 3 is 2.26 bits per heavy atom. The summed E-state index contributed by atoms with van der Waals surface area (Å²) in [7, 11) is 0. The topological polar surface area (TPSA) is 67.9 Å². The highest BCUT2D eigenvalue weighted by Gasteiger charge is 2.37. The van der Waals surface area contributed by atoms with Crippen LogP contribution in [0.3, 0.4) is 0 Å². The smallest absolute Gasteiger partial charge is 0.410 e. The van der Waals surface area contributed by atoms with Gasteiger partial charge in [-0.2, -0.15) is 0 Å². The van der Waals surface area contributed by atoms with E-state index in [0.29, 0.717) is 19.6 Å². The number of amides is 2. The number of hydrogen-bond donors (Lipinski definition) is 1. The molecule has 6 nitrogen and oxygen atoms in total. The highest BCUT2D eigenvalue weighted by molar-refractivity contribution is 5.77. The standard InChI is InChI=1S/C17H32N2O4/c1-6-10-18-14(20)13-22-17(7-2)8-11-19(12-9-17)15(21)23-16(3,4)5/h6-13H2,1-5H3,(H,18,20). The number of ether oxygens (including phenoxy) is 2. The summed E-state index contributed by atoms with van der Waals surface area (Å²) in [4.78, 5) is 25.5. The lowest BCUT2D eigenvalue weighted by Crippen LogP contribution is -2.50. The van der Waals surface area contributed by atoms with Crippen molar-refractivity contribution in [1.82, 2.24) is 10.2 Å². The Morgan fingerprint density at radius 1 is 1.17 bits per heavy atom. The molecule has 0 aromatic rings. The van der Waals surface area contributed by atoms with Gasteiger partial charge in [-0.1, -0.05) is 13.8 Å². The van der Waals surface area contributed by atoms with E-state index in [0.717, 1.165) is 25.7 Å². The number of likely N-dealkylation sites (tertiary alicyclic amines) is 1. The van der Waals surface area contributed by atoms with Crippen molar-refractivity contribution in [3.8, 4) is 0 Å². The van der Waals surface area contributed by atoms with Gasteiger partial charge in [0.05, 0.1) is 5.60 Å². The summed E-state index contributed by atoms with van der Waals surface area (Å²) in [6.07, 6.45) is 2.92. The van der Waals surface area contributed by atoms with Crippen LogP contribution in [0.5, 0.6) is 0 Å². The Bertz CT molecular complexity index is 396. The lowest BCUT2D eigenvalue weighted by Gasteiger charge is -2.41. The van der Waals surface area contributed by atoms with E-state index >= 15 is 0 Å². The van der Waals surface area contributed by atoms with Crippen molar-refractivity contribution in [1.29, 1.82) is 0 Å². The Kier molecular flexibility index (Phi) is 7.32. The second kappa shape index (κ2) is 8.52. The second-order valence-corrected chi connectivity index (χ2v) is 7.14. The summed E-state index contributed by atoms with van der Waals surface area (Å²) in [6.45, 7) is 11.6. The summed E-state index contributed by atoms with van der Waals surface area (Å²) < 4.78 is 11.3. The van der Waals surface area contributed by atoms with Crippen LogP contribution in [0.2, 0.25) is 0 Å². The van der Waals surface area contributed by atoms with Gasteiger partial charge in [0.25, 0.3) is 0 Å². The first-order valence-electron chi connectivity index (χ1n) is 8.60. The van der Waals surface area contributed by atoms with Crippen molar-refractivity contribution >= 4 is 12.0 Å². The van der Waals surface area contributed by atoms with Crippen molar-refractivity contribution in [2.24, 2.45) is 0 Å². The zero-order chi connectivity index (χ0) is 17.5. The lowest BCUT2D eigenvalue weighted by molar-refractivity contribution is -0.138. The van der Waals surface area contributed by atoms with E-state index in [-0.39, 0.29) is 24.2 Å². The van der Waals surface area contributed by atoms with Crippen LogP contribution in [0.1, 0.15) is 60.3 Å². The summed E-state index contributed by atoms with van der Waals surface area (Å²) in [5.41, 5.74) is -0.799. The maximum absolute atomic E-state index is 12.1. The molecule has 1 aliphatic heterocycles. The van der Waals surface area contributed by atoms with E-state index in [1.54, 1.807) is 4.90 Å². The van der Waals surface area contributed by atoms with Crippen LogP contribution < -0.4 is 5.32 Å². The molecule has 0 radical (unpaired) electrons. The highest BCUT2D eigenvalue weighted by Crippen LogP contribution is 2.30. The molecule has 0 spiro atoms. The number of carbonyl (C=O) groups excluding carboxylic acids is 2. The van der Waals surface area contributed by atoms with Gasteiger partial charge in [-0.05, 0) is 46.5 Å². The molecular weight excluding hydrogens is 296 g/mol. The summed E-state index contributed by atoms with van der Waals surface area (Å²) >= 11 is 0. The first kappa shape index (κ1) is 19.7. The van der Waals surface area contributed by atoms with Gasteiger partial charge >= 0.3 is 6.09 Å². The molecule has 2 amide bonds. The van der Waals surface area contributed by atoms with Gasteiger partial charge in [-0.25, -0.2) is 4.79 Å². The predicted octanol–water partition coefficient (Wildman–Crippen LogP) is 2.71. The minimum absolute atomic E-state index is 0.0748. The molecule has 0 bridgehead atoms. The quantitative estimate of drug-likeness (QED) is 0.814. The van der Waals surface area contributed by atoms with Crippen LogP contribution in [0.15, 0.2) is 0 Å². The third kappa shape index (κ3) is 6.77. The lowest BCUT2D eigenvalue weighted by atomic mass is 9.88. The molecular formula is C17H32N2O4. The molecule has 0 atom stereocenters. The molecule has 0 aromatic heterocycles. The number of piperidine rings is 1. The number of carbonyl (C=O) groups is 2. The minimum Gasteiger partial charge on any atom is -0.444 e. The van der Waals surface area contributed by atoms with E-state index in [1.807, 2.05) is 27.7 Å². The molecule has 1 fully saturated rings. The molecule has 6 heteroatoms. The normalized spacial score (nSPS) is 17.7. The average molecular weight is 328 g/mol. The Balaban J connectivity index is 2.46. The van der Waals surface area contributed by atoms with Gasteiger partial charge in [0.2, 0.25) is 5.91 Å². The van der Waals surface area contributed by atoms with Gasteiger partial charge < -0.3 is 19.7 Å². The molecule has 1 N–H and O–H groups in total. The maximum atomic E-state index is 12.1. The second-order valence-electron chi connectivity index (χ2n) is 7.14. The van der Waals surface area contributed by atoms with Crippen molar-refractivity contribution in [2.75, 3.05) is 26.2 Å². The van der Waals surface area contributed by atoms with Crippen molar-refractivity contribution in [3.63, 3.8) is 0 Å². The largest absolute Gasteiger partial charge is 0.444 e. The fourth-order valence-electron chi connectivity index (χ4n) is 2.56. The number of nitrogens with one attached hydrogen (secondary N) is 1. The van der Waals surface area contributed by atoms with Crippen LogP contribution >= 0.6 is 0 Å². The molecule has 0 saturated carbocycles. The maximum Gasteiger partial charge on any atom is 0.410 e.